The molecule has 0 spiro atoms. The summed E-state index contributed by atoms with van der Waals surface area (Å²) in [4.78, 5) is 0. The first-order chi connectivity index (χ1) is 4.41. The summed E-state index contributed by atoms with van der Waals surface area (Å²) >= 11 is 0. The van der Waals surface area contributed by atoms with E-state index in [9.17, 15) is 0 Å². The molecule has 0 amide bonds. The van der Waals surface area contributed by atoms with Gasteiger partial charge in [0.2, 0.25) is 0 Å². The number of hydrogen-bond acceptors (Lipinski definition) is 1. The average molecular weight is 188 g/mol. The van der Waals surface area contributed by atoms with Gasteiger partial charge in [-0.2, -0.15) is 13.5 Å². The van der Waals surface area contributed by atoms with Crippen LogP contribution in [0.15, 0.2) is 0 Å². The van der Waals surface area contributed by atoms with Crippen molar-refractivity contribution >= 4 is 13.5 Å². The summed E-state index contributed by atoms with van der Waals surface area (Å²) < 4.78 is 5.31. The van der Waals surface area contributed by atoms with Crippen LogP contribution in [-0.2, 0) is 4.74 Å². The van der Waals surface area contributed by atoms with Crippen molar-refractivity contribution in [2.75, 3.05) is 13.2 Å². The topological polar surface area (TPSA) is 9.23 Å². The quantitative estimate of drug-likeness (QED) is 0.415. The number of unbranched alkanes of at least 4 members (excludes halogenated alkanes) is 2. The molecule has 0 fully saturated rings. The van der Waals surface area contributed by atoms with E-state index in [1.165, 1.54) is 25.7 Å². The van der Waals surface area contributed by atoms with Gasteiger partial charge in [0.15, 0.2) is 0 Å². The Morgan fingerprint density at radius 1 is 1.00 bits per heavy atom. The zero-order valence-corrected chi connectivity index (χ0v) is 11.2. The molecule has 0 atom stereocenters. The fourth-order valence-corrected chi connectivity index (χ4v) is 0.595. The molecule has 66 valence electrons. The van der Waals surface area contributed by atoms with Crippen molar-refractivity contribution in [2.45, 2.75) is 39.5 Å². The summed E-state index contributed by atoms with van der Waals surface area (Å²) in [6.07, 6.45) is 4.91. The normalized spacial score (nSPS) is 8.18. The summed E-state index contributed by atoms with van der Waals surface area (Å²) in [6.45, 7) is 6.28. The molecule has 3 heteroatoms. The van der Waals surface area contributed by atoms with Crippen LogP contribution in [-0.4, -0.2) is 13.2 Å². The second-order valence-electron chi connectivity index (χ2n) is 2.32. The van der Waals surface area contributed by atoms with Crippen LogP contribution in [0, 0.1) is 0 Å². The van der Waals surface area contributed by atoms with Crippen LogP contribution in [0.3, 0.4) is 0 Å². The molecule has 0 saturated carbocycles. The predicted molar refractivity (Wildman–Crippen MR) is 52.1 cm³/mol. The van der Waals surface area contributed by atoms with E-state index >= 15 is 0 Å². The van der Waals surface area contributed by atoms with Crippen molar-refractivity contribution in [2.24, 2.45) is 0 Å². The van der Waals surface area contributed by atoms with Gasteiger partial charge in [-0.25, -0.2) is 0 Å². The fourth-order valence-electron chi connectivity index (χ4n) is 0.595. The maximum Gasteiger partial charge on any atom is 1.00 e. The van der Waals surface area contributed by atoms with Crippen molar-refractivity contribution in [3.63, 3.8) is 0 Å². The molecule has 0 radical (unpaired) electrons. The van der Waals surface area contributed by atoms with E-state index < -0.39 is 0 Å². The standard InChI is InChI=1S/C8H18O.Na.H2S.H/c1-3-5-7-9-8-6-4-2;;;/h3-8H2,1-2H3;;1H2;/q;+1;;-1. The number of hydrogen-bond donors (Lipinski definition) is 0. The fraction of sp³-hybridized carbons (Fsp3) is 1.00. The Bertz CT molecular complexity index is 52.3. The largest absolute Gasteiger partial charge is 1.00 e. The van der Waals surface area contributed by atoms with Crippen LogP contribution in [0.2, 0.25) is 0 Å². The molecule has 0 rings (SSSR count). The molecule has 0 aliphatic carbocycles. The third-order valence-corrected chi connectivity index (χ3v) is 1.28. The van der Waals surface area contributed by atoms with Crippen LogP contribution in [0.1, 0.15) is 41.0 Å². The van der Waals surface area contributed by atoms with Gasteiger partial charge in [-0.1, -0.05) is 26.7 Å². The molecular formula is C8H21NaOS. The summed E-state index contributed by atoms with van der Waals surface area (Å²) in [7, 11) is 0. The first-order valence-electron chi connectivity index (χ1n) is 3.99. The zero-order valence-electron chi connectivity index (χ0n) is 9.15. The third-order valence-electron chi connectivity index (χ3n) is 1.28. The minimum atomic E-state index is 0. The van der Waals surface area contributed by atoms with Gasteiger partial charge in [0.05, 0.1) is 0 Å². The van der Waals surface area contributed by atoms with Crippen molar-refractivity contribution in [3.8, 4) is 0 Å². The van der Waals surface area contributed by atoms with Crippen LogP contribution in [0.4, 0.5) is 0 Å². The van der Waals surface area contributed by atoms with Crippen molar-refractivity contribution < 1.29 is 35.7 Å². The van der Waals surface area contributed by atoms with Gasteiger partial charge in [-0.15, -0.1) is 0 Å². The Kier molecular flexibility index (Phi) is 28.8. The van der Waals surface area contributed by atoms with Gasteiger partial charge < -0.3 is 6.16 Å². The summed E-state index contributed by atoms with van der Waals surface area (Å²) in [5.41, 5.74) is 0. The third kappa shape index (κ3) is 18.3. The van der Waals surface area contributed by atoms with Crippen molar-refractivity contribution in [1.82, 2.24) is 0 Å². The SMILES string of the molecule is CCCCOCCCC.S.[H-].[Na+]. The molecule has 0 aromatic rings. The molecule has 0 aromatic heterocycles. The molecule has 0 aliphatic rings. The molecule has 11 heavy (non-hydrogen) atoms. The zero-order chi connectivity index (χ0) is 6.95. The molecule has 0 unspecified atom stereocenters. The Morgan fingerprint density at radius 3 is 1.64 bits per heavy atom. The molecule has 1 nitrogen and oxygen atoms in total. The predicted octanol–water partition coefficient (Wildman–Crippen LogP) is -0.167. The number of rotatable bonds is 6. The maximum atomic E-state index is 5.31. The monoisotopic (exact) mass is 188 g/mol. The Labute approximate surface area is 101 Å². The Morgan fingerprint density at radius 2 is 1.36 bits per heavy atom. The second kappa shape index (κ2) is 17.4. The molecule has 0 aromatic carbocycles. The van der Waals surface area contributed by atoms with Crippen molar-refractivity contribution in [3.05, 3.63) is 0 Å². The van der Waals surface area contributed by atoms with E-state index in [1.807, 2.05) is 0 Å². The smallest absolute Gasteiger partial charge is 1.00 e. The van der Waals surface area contributed by atoms with E-state index in [0.29, 0.717) is 0 Å². The van der Waals surface area contributed by atoms with E-state index in [0.717, 1.165) is 13.2 Å². The van der Waals surface area contributed by atoms with E-state index in [4.69, 9.17) is 4.74 Å². The molecule has 0 bridgehead atoms. The minimum absolute atomic E-state index is 0. The van der Waals surface area contributed by atoms with Gasteiger partial charge in [-0.3, -0.25) is 0 Å². The first kappa shape index (κ1) is 18.2. The van der Waals surface area contributed by atoms with E-state index in [2.05, 4.69) is 13.8 Å². The minimum Gasteiger partial charge on any atom is -1.00 e. The Balaban J connectivity index is -0.000000107. The summed E-state index contributed by atoms with van der Waals surface area (Å²) in [6, 6.07) is 0. The van der Waals surface area contributed by atoms with Gasteiger partial charge in [0, 0.05) is 13.2 Å². The number of ether oxygens (including phenoxy) is 1. The van der Waals surface area contributed by atoms with Crippen LogP contribution in [0.5, 0.6) is 0 Å². The Hall–Kier alpha value is 1.31. The van der Waals surface area contributed by atoms with Gasteiger partial charge in [0.25, 0.3) is 0 Å². The van der Waals surface area contributed by atoms with Crippen LogP contribution < -0.4 is 29.6 Å². The van der Waals surface area contributed by atoms with Crippen LogP contribution in [0.25, 0.3) is 0 Å². The van der Waals surface area contributed by atoms with Crippen molar-refractivity contribution in [1.29, 1.82) is 0 Å². The van der Waals surface area contributed by atoms with Crippen LogP contribution >= 0.6 is 13.5 Å². The molecule has 0 aliphatic heterocycles. The average Bonchev–Trinajstić information content (AvgIpc) is 1.89. The molecule has 0 N–H and O–H groups in total. The first-order valence-corrected chi connectivity index (χ1v) is 3.99. The molecule has 0 saturated heterocycles. The summed E-state index contributed by atoms with van der Waals surface area (Å²) in [5.74, 6) is 0. The second-order valence-corrected chi connectivity index (χ2v) is 2.32. The summed E-state index contributed by atoms with van der Waals surface area (Å²) in [5, 5.41) is 0. The molecule has 0 heterocycles. The van der Waals surface area contributed by atoms with Gasteiger partial charge >= 0.3 is 29.6 Å². The molecular weight excluding hydrogens is 167 g/mol. The van der Waals surface area contributed by atoms with Gasteiger partial charge in [-0.05, 0) is 12.8 Å². The maximum absolute atomic E-state index is 5.31. The van der Waals surface area contributed by atoms with E-state index in [-0.39, 0.29) is 44.5 Å². The van der Waals surface area contributed by atoms with E-state index in [1.54, 1.807) is 0 Å². The van der Waals surface area contributed by atoms with Gasteiger partial charge in [0.1, 0.15) is 0 Å².